The van der Waals surface area contributed by atoms with Gasteiger partial charge < -0.3 is 9.31 Å². The third-order valence-electron chi connectivity index (χ3n) is 2.19. The van der Waals surface area contributed by atoms with Gasteiger partial charge in [0.2, 0.25) is 0 Å². The van der Waals surface area contributed by atoms with Gasteiger partial charge in [-0.2, -0.15) is 0 Å². The molecule has 1 aromatic carbocycles. The van der Waals surface area contributed by atoms with E-state index in [9.17, 15) is 0 Å². The topological polar surface area (TPSA) is 18.5 Å². The Balaban J connectivity index is 1.92. The fraction of sp³-hybridized carbons (Fsp3) is 0.333. The van der Waals surface area contributed by atoms with Crippen LogP contribution in [0.25, 0.3) is 0 Å². The van der Waals surface area contributed by atoms with Gasteiger partial charge in [-0.25, -0.2) is 0 Å². The van der Waals surface area contributed by atoms with Gasteiger partial charge in [-0.05, 0) is 18.6 Å². The van der Waals surface area contributed by atoms with Gasteiger partial charge in [0.05, 0.1) is 0 Å². The van der Waals surface area contributed by atoms with Gasteiger partial charge in [0, 0.05) is 6.42 Å². The van der Waals surface area contributed by atoms with Gasteiger partial charge in [0.15, 0.2) is 0 Å². The molecule has 0 radical (unpaired) electrons. The highest BCUT2D eigenvalue weighted by Crippen LogP contribution is 2.32. The van der Waals surface area contributed by atoms with Crippen LogP contribution in [0.1, 0.15) is 26.2 Å². The van der Waals surface area contributed by atoms with E-state index in [4.69, 9.17) is 9.31 Å². The molecule has 1 heterocycles. The van der Waals surface area contributed by atoms with Crippen molar-refractivity contribution in [3.8, 4) is 23.2 Å². The Bertz CT molecular complexity index is 367. The molecule has 1 aliphatic rings. The molecule has 2 nitrogen and oxygen atoms in total. The molecule has 0 saturated carbocycles. The maximum atomic E-state index is 5.49. The third kappa shape index (κ3) is 2.47. The summed E-state index contributed by atoms with van der Waals surface area (Å²) in [5.41, 5.74) is 0. The Kier molecular flexibility index (Phi) is 3.19. The fourth-order valence-corrected chi connectivity index (χ4v) is 1.38. The molecule has 0 amide bonds. The highest BCUT2D eigenvalue weighted by Gasteiger charge is 2.29. The Labute approximate surface area is 90.7 Å². The number of rotatable bonds is 2. The first-order valence-electron chi connectivity index (χ1n) is 5.31. The maximum absolute atomic E-state index is 5.49. The van der Waals surface area contributed by atoms with Gasteiger partial charge in [-0.3, -0.25) is 0 Å². The van der Waals surface area contributed by atoms with E-state index in [-0.39, 0.29) is 0 Å². The van der Waals surface area contributed by atoms with Crippen molar-refractivity contribution >= 4 is 7.12 Å². The Morgan fingerprint density at radius 1 is 1.20 bits per heavy atom. The molecule has 1 aromatic rings. The first-order valence-corrected chi connectivity index (χ1v) is 5.31. The van der Waals surface area contributed by atoms with Gasteiger partial charge in [0.25, 0.3) is 0 Å². The van der Waals surface area contributed by atoms with Crippen molar-refractivity contribution in [1.82, 2.24) is 0 Å². The van der Waals surface area contributed by atoms with Crippen LogP contribution in [0.3, 0.4) is 0 Å². The lowest BCUT2D eigenvalue weighted by atomic mass is 9.92. The predicted molar refractivity (Wildman–Crippen MR) is 60.8 cm³/mol. The third-order valence-corrected chi connectivity index (χ3v) is 2.19. The molecule has 0 saturated heterocycles. The van der Waals surface area contributed by atoms with Crippen LogP contribution in [0, 0.1) is 11.7 Å². The van der Waals surface area contributed by atoms with E-state index in [1.54, 1.807) is 0 Å². The smallest absolute Gasteiger partial charge is 0.512 e. The lowest BCUT2D eigenvalue weighted by Gasteiger charge is -1.93. The van der Waals surface area contributed by atoms with Gasteiger partial charge in [-0.15, -0.1) is 5.92 Å². The van der Waals surface area contributed by atoms with E-state index in [0.717, 1.165) is 24.3 Å². The van der Waals surface area contributed by atoms with E-state index in [0.29, 0.717) is 0 Å². The summed E-state index contributed by atoms with van der Waals surface area (Å²) in [5.74, 6) is 7.60. The molecule has 0 unspecified atom stereocenters. The quantitative estimate of drug-likeness (QED) is 0.415. The average Bonchev–Trinajstić information content (AvgIpc) is 2.67. The Morgan fingerprint density at radius 2 is 1.87 bits per heavy atom. The van der Waals surface area contributed by atoms with Gasteiger partial charge in [0.1, 0.15) is 11.5 Å². The molecule has 0 fully saturated rings. The van der Waals surface area contributed by atoms with E-state index in [2.05, 4.69) is 18.7 Å². The zero-order valence-electron chi connectivity index (χ0n) is 8.82. The zero-order valence-corrected chi connectivity index (χ0v) is 8.82. The van der Waals surface area contributed by atoms with E-state index >= 15 is 0 Å². The van der Waals surface area contributed by atoms with E-state index in [1.807, 2.05) is 24.3 Å². The number of unbranched alkanes of at least 4 members (excludes halogenated alkanes) is 2. The molecular weight excluding hydrogens is 187 g/mol. The fourth-order valence-electron chi connectivity index (χ4n) is 1.38. The van der Waals surface area contributed by atoms with E-state index < -0.39 is 7.12 Å². The van der Waals surface area contributed by atoms with Crippen LogP contribution in [0.5, 0.6) is 11.5 Å². The summed E-state index contributed by atoms with van der Waals surface area (Å²) in [5, 5.41) is 0. The molecule has 0 atom stereocenters. The standard InChI is InChI=1S/C12H13BO2/c1-2-3-4-7-10-13-14-11-8-5-6-9-12(11)15-13/h5-6,8-9H,2-4H2,1H3. The molecular formula is C12H13BO2. The van der Waals surface area contributed by atoms with Crippen LogP contribution >= 0.6 is 0 Å². The van der Waals surface area contributed by atoms with Gasteiger partial charge >= 0.3 is 7.12 Å². The van der Waals surface area contributed by atoms with Crippen molar-refractivity contribution in [3.63, 3.8) is 0 Å². The van der Waals surface area contributed by atoms with Crippen molar-refractivity contribution in [3.05, 3.63) is 24.3 Å². The minimum Gasteiger partial charge on any atom is -0.512 e. The molecule has 0 N–H and O–H groups in total. The summed E-state index contributed by atoms with van der Waals surface area (Å²) in [7, 11) is -0.417. The molecule has 15 heavy (non-hydrogen) atoms. The van der Waals surface area contributed by atoms with Crippen molar-refractivity contribution in [2.24, 2.45) is 0 Å². The molecule has 3 heteroatoms. The summed E-state index contributed by atoms with van der Waals surface area (Å²) in [6.45, 7) is 2.15. The van der Waals surface area contributed by atoms with Crippen LogP contribution in [0.15, 0.2) is 24.3 Å². The number of hydrogen-bond acceptors (Lipinski definition) is 2. The summed E-state index contributed by atoms with van der Waals surface area (Å²) in [4.78, 5) is 0. The lowest BCUT2D eigenvalue weighted by Crippen LogP contribution is -2.22. The van der Waals surface area contributed by atoms with Crippen molar-refractivity contribution < 1.29 is 9.31 Å². The van der Waals surface area contributed by atoms with Crippen LogP contribution in [0.2, 0.25) is 0 Å². The minimum atomic E-state index is -0.417. The minimum absolute atomic E-state index is 0.417. The SMILES string of the molecule is CCCCC#CB1Oc2ccccc2O1. The predicted octanol–water partition coefficient (Wildman–Crippen LogP) is 2.68. The summed E-state index contributed by atoms with van der Waals surface area (Å²) >= 11 is 0. The zero-order chi connectivity index (χ0) is 10.5. The van der Waals surface area contributed by atoms with Crippen molar-refractivity contribution in [2.45, 2.75) is 26.2 Å². The van der Waals surface area contributed by atoms with Crippen LogP contribution < -0.4 is 9.31 Å². The summed E-state index contributed by atoms with van der Waals surface area (Å²) in [6.07, 6.45) is 3.21. The lowest BCUT2D eigenvalue weighted by molar-refractivity contribution is 0.520. The normalized spacial score (nSPS) is 12.2. The monoisotopic (exact) mass is 200 g/mol. The number of hydrogen-bond donors (Lipinski definition) is 0. The molecule has 76 valence electrons. The molecule has 1 aliphatic heterocycles. The largest absolute Gasteiger partial charge is 0.690 e. The van der Waals surface area contributed by atoms with Gasteiger partial charge in [-0.1, -0.05) is 31.3 Å². The molecule has 2 rings (SSSR count). The Hall–Kier alpha value is -1.56. The van der Waals surface area contributed by atoms with Crippen LogP contribution in [0.4, 0.5) is 0 Å². The molecule has 0 aromatic heterocycles. The summed E-state index contributed by atoms with van der Waals surface area (Å²) in [6, 6.07) is 7.64. The first-order chi connectivity index (χ1) is 7.40. The second-order valence-corrected chi connectivity index (χ2v) is 3.44. The van der Waals surface area contributed by atoms with E-state index in [1.165, 1.54) is 6.42 Å². The number of benzene rings is 1. The second-order valence-electron chi connectivity index (χ2n) is 3.44. The summed E-state index contributed by atoms with van der Waals surface area (Å²) < 4.78 is 11.0. The van der Waals surface area contributed by atoms with Crippen LogP contribution in [-0.2, 0) is 0 Å². The first kappa shape index (κ1) is 9.98. The number of fused-ring (bicyclic) bond motifs is 1. The Morgan fingerprint density at radius 3 is 2.47 bits per heavy atom. The highest BCUT2D eigenvalue weighted by molar-refractivity contribution is 6.57. The number of para-hydroxylation sites is 2. The highest BCUT2D eigenvalue weighted by atomic mass is 16.6. The molecule has 0 spiro atoms. The molecule has 0 bridgehead atoms. The molecule has 0 aliphatic carbocycles. The van der Waals surface area contributed by atoms with Crippen molar-refractivity contribution in [1.29, 1.82) is 0 Å². The maximum Gasteiger partial charge on any atom is 0.690 e. The second kappa shape index (κ2) is 4.79. The van der Waals surface area contributed by atoms with Crippen molar-refractivity contribution in [2.75, 3.05) is 0 Å². The van der Waals surface area contributed by atoms with Crippen LogP contribution in [-0.4, -0.2) is 7.12 Å². The average molecular weight is 200 g/mol.